The SMILES string of the molecule is COc1ccc2cc(/C=C/C(=O)O)c(=O)[nH]c2c1. The predicted octanol–water partition coefficient (Wildman–Crippen LogP) is 1.63. The lowest BCUT2D eigenvalue weighted by Crippen LogP contribution is -2.09. The molecule has 2 aromatic rings. The minimum Gasteiger partial charge on any atom is -0.497 e. The fourth-order valence-electron chi connectivity index (χ4n) is 1.61. The molecule has 0 atom stereocenters. The molecule has 0 aliphatic heterocycles. The van der Waals surface area contributed by atoms with Crippen molar-refractivity contribution in [2.24, 2.45) is 0 Å². The Morgan fingerprint density at radius 2 is 2.17 bits per heavy atom. The molecule has 1 aromatic carbocycles. The van der Waals surface area contributed by atoms with E-state index in [1.54, 1.807) is 31.4 Å². The molecule has 0 amide bonds. The predicted molar refractivity (Wildman–Crippen MR) is 67.8 cm³/mol. The van der Waals surface area contributed by atoms with Crippen molar-refractivity contribution in [3.05, 3.63) is 46.3 Å². The van der Waals surface area contributed by atoms with Crippen LogP contribution in [0.3, 0.4) is 0 Å². The summed E-state index contributed by atoms with van der Waals surface area (Å²) in [6.45, 7) is 0. The van der Waals surface area contributed by atoms with Gasteiger partial charge < -0.3 is 14.8 Å². The van der Waals surface area contributed by atoms with Crippen LogP contribution in [0.2, 0.25) is 0 Å². The topological polar surface area (TPSA) is 79.4 Å². The molecule has 2 N–H and O–H groups in total. The van der Waals surface area contributed by atoms with Gasteiger partial charge in [-0.05, 0) is 29.7 Å². The third-order valence-corrected chi connectivity index (χ3v) is 2.49. The lowest BCUT2D eigenvalue weighted by molar-refractivity contribution is -0.131. The molecule has 2 rings (SSSR count). The number of rotatable bonds is 3. The van der Waals surface area contributed by atoms with Gasteiger partial charge in [-0.25, -0.2) is 4.79 Å². The number of carbonyl (C=O) groups is 1. The highest BCUT2D eigenvalue weighted by Gasteiger charge is 2.02. The molecular weight excluding hydrogens is 234 g/mol. The van der Waals surface area contributed by atoms with E-state index in [1.165, 1.54) is 6.08 Å². The van der Waals surface area contributed by atoms with Gasteiger partial charge in [0.15, 0.2) is 0 Å². The number of hydrogen-bond acceptors (Lipinski definition) is 3. The zero-order valence-corrected chi connectivity index (χ0v) is 9.64. The molecule has 18 heavy (non-hydrogen) atoms. The average Bonchev–Trinajstić information content (AvgIpc) is 2.35. The third-order valence-electron chi connectivity index (χ3n) is 2.49. The molecule has 0 saturated carbocycles. The van der Waals surface area contributed by atoms with Crippen LogP contribution in [-0.4, -0.2) is 23.2 Å². The fourth-order valence-corrected chi connectivity index (χ4v) is 1.61. The van der Waals surface area contributed by atoms with Crippen molar-refractivity contribution in [3.63, 3.8) is 0 Å². The van der Waals surface area contributed by atoms with Gasteiger partial charge in [0.05, 0.1) is 12.6 Å². The van der Waals surface area contributed by atoms with E-state index >= 15 is 0 Å². The van der Waals surface area contributed by atoms with Crippen LogP contribution >= 0.6 is 0 Å². The quantitative estimate of drug-likeness (QED) is 0.805. The minimum absolute atomic E-state index is 0.301. The number of aromatic nitrogens is 1. The van der Waals surface area contributed by atoms with E-state index in [0.717, 1.165) is 11.5 Å². The summed E-state index contributed by atoms with van der Waals surface area (Å²) in [6, 6.07) is 6.90. The summed E-state index contributed by atoms with van der Waals surface area (Å²) in [6.07, 6.45) is 2.20. The number of methoxy groups -OCH3 is 1. The van der Waals surface area contributed by atoms with Crippen molar-refractivity contribution >= 4 is 22.9 Å². The van der Waals surface area contributed by atoms with Crippen molar-refractivity contribution in [2.45, 2.75) is 0 Å². The summed E-state index contributed by atoms with van der Waals surface area (Å²) in [5.41, 5.74) is 0.607. The summed E-state index contributed by atoms with van der Waals surface area (Å²) < 4.78 is 5.06. The highest BCUT2D eigenvalue weighted by molar-refractivity contribution is 5.87. The van der Waals surface area contributed by atoms with Crippen molar-refractivity contribution in [2.75, 3.05) is 7.11 Å². The smallest absolute Gasteiger partial charge is 0.328 e. The van der Waals surface area contributed by atoms with E-state index in [1.807, 2.05) is 0 Å². The van der Waals surface area contributed by atoms with Crippen molar-refractivity contribution < 1.29 is 14.6 Å². The highest BCUT2D eigenvalue weighted by Crippen LogP contribution is 2.18. The molecule has 0 aliphatic carbocycles. The van der Waals surface area contributed by atoms with Gasteiger partial charge in [0.1, 0.15) is 5.75 Å². The minimum atomic E-state index is -1.09. The van der Waals surface area contributed by atoms with E-state index in [-0.39, 0.29) is 5.56 Å². The van der Waals surface area contributed by atoms with Crippen LogP contribution < -0.4 is 10.3 Å². The molecule has 92 valence electrons. The van der Waals surface area contributed by atoms with Gasteiger partial charge in [-0.3, -0.25) is 4.79 Å². The summed E-state index contributed by atoms with van der Waals surface area (Å²) in [7, 11) is 1.54. The Balaban J connectivity index is 2.56. The van der Waals surface area contributed by atoms with Crippen LogP contribution in [0, 0.1) is 0 Å². The maximum Gasteiger partial charge on any atom is 0.328 e. The van der Waals surface area contributed by atoms with Gasteiger partial charge in [0, 0.05) is 17.7 Å². The second-order valence-electron chi connectivity index (χ2n) is 3.68. The molecule has 0 aliphatic rings. The first-order chi connectivity index (χ1) is 8.60. The number of aromatic amines is 1. The molecule has 1 aromatic heterocycles. The van der Waals surface area contributed by atoms with Gasteiger partial charge in [0.25, 0.3) is 5.56 Å². The number of benzene rings is 1. The van der Waals surface area contributed by atoms with Crippen LogP contribution in [0.5, 0.6) is 5.75 Å². The standard InChI is InChI=1S/C13H11NO4/c1-18-10-4-2-8-6-9(3-5-12(15)16)13(17)14-11(8)7-10/h2-7H,1H3,(H,14,17)(H,15,16)/b5-3+. The summed E-state index contributed by atoms with van der Waals surface area (Å²) >= 11 is 0. The van der Waals surface area contributed by atoms with Gasteiger partial charge in [-0.2, -0.15) is 0 Å². The van der Waals surface area contributed by atoms with Crippen LogP contribution in [0.15, 0.2) is 35.1 Å². The van der Waals surface area contributed by atoms with Crippen LogP contribution in [0.1, 0.15) is 5.56 Å². The largest absolute Gasteiger partial charge is 0.497 e. The molecular formula is C13H11NO4. The van der Waals surface area contributed by atoms with E-state index < -0.39 is 5.97 Å². The Morgan fingerprint density at radius 3 is 2.83 bits per heavy atom. The molecule has 0 spiro atoms. The highest BCUT2D eigenvalue weighted by atomic mass is 16.5. The van der Waals surface area contributed by atoms with E-state index in [4.69, 9.17) is 9.84 Å². The molecule has 0 fully saturated rings. The van der Waals surface area contributed by atoms with Gasteiger partial charge in [-0.1, -0.05) is 0 Å². The number of carboxylic acids is 1. The van der Waals surface area contributed by atoms with Crippen molar-refractivity contribution in [1.29, 1.82) is 0 Å². The molecule has 0 bridgehead atoms. The van der Waals surface area contributed by atoms with E-state index in [2.05, 4.69) is 4.98 Å². The molecule has 0 radical (unpaired) electrons. The molecule has 0 unspecified atom stereocenters. The number of ether oxygens (including phenoxy) is 1. The number of H-pyrrole nitrogens is 1. The lowest BCUT2D eigenvalue weighted by atomic mass is 10.1. The average molecular weight is 245 g/mol. The Kier molecular flexibility index (Phi) is 3.14. The first-order valence-electron chi connectivity index (χ1n) is 5.22. The van der Waals surface area contributed by atoms with E-state index in [0.29, 0.717) is 16.8 Å². The van der Waals surface area contributed by atoms with Crippen LogP contribution in [0.25, 0.3) is 17.0 Å². The molecule has 5 nitrogen and oxygen atoms in total. The maximum absolute atomic E-state index is 11.7. The number of pyridine rings is 1. The van der Waals surface area contributed by atoms with Crippen LogP contribution in [0.4, 0.5) is 0 Å². The first-order valence-corrected chi connectivity index (χ1v) is 5.22. The zero-order chi connectivity index (χ0) is 13.1. The Bertz CT molecular complexity index is 685. The summed E-state index contributed by atoms with van der Waals surface area (Å²) in [5.74, 6) is -0.448. The maximum atomic E-state index is 11.7. The second-order valence-corrected chi connectivity index (χ2v) is 3.68. The fraction of sp³-hybridized carbons (Fsp3) is 0.0769. The number of aliphatic carboxylic acids is 1. The van der Waals surface area contributed by atoms with Crippen molar-refractivity contribution in [1.82, 2.24) is 4.98 Å². The third kappa shape index (κ3) is 2.40. The van der Waals surface area contributed by atoms with E-state index in [9.17, 15) is 9.59 Å². The lowest BCUT2D eigenvalue weighted by Gasteiger charge is -2.03. The zero-order valence-electron chi connectivity index (χ0n) is 9.64. The summed E-state index contributed by atoms with van der Waals surface area (Å²) in [5, 5.41) is 9.34. The molecule has 1 heterocycles. The normalized spacial score (nSPS) is 10.9. The first kappa shape index (κ1) is 11.9. The molecule has 0 saturated heterocycles. The van der Waals surface area contributed by atoms with Gasteiger partial charge in [0.2, 0.25) is 0 Å². The van der Waals surface area contributed by atoms with Gasteiger partial charge >= 0.3 is 5.97 Å². The monoisotopic (exact) mass is 245 g/mol. The number of nitrogens with one attached hydrogen (secondary N) is 1. The van der Waals surface area contributed by atoms with Gasteiger partial charge in [-0.15, -0.1) is 0 Å². The Morgan fingerprint density at radius 1 is 1.39 bits per heavy atom. The van der Waals surface area contributed by atoms with Crippen molar-refractivity contribution in [3.8, 4) is 5.75 Å². The Hall–Kier alpha value is -2.56. The number of carboxylic acid groups (broad SMARTS) is 1. The van der Waals surface area contributed by atoms with Crippen LogP contribution in [-0.2, 0) is 4.79 Å². The number of hydrogen-bond donors (Lipinski definition) is 2. The second kappa shape index (κ2) is 4.75. The summed E-state index contributed by atoms with van der Waals surface area (Å²) in [4.78, 5) is 24.8. The molecule has 5 heteroatoms. The number of fused-ring (bicyclic) bond motifs is 1. The Labute approximate surface area is 102 Å².